The Labute approximate surface area is 117 Å². The first kappa shape index (κ1) is 13.2. The Bertz CT molecular complexity index is 779. The lowest BCUT2D eigenvalue weighted by Gasteiger charge is -2.05. The fourth-order valence-corrected chi connectivity index (χ4v) is 2.03. The van der Waals surface area contributed by atoms with Gasteiger partial charge in [-0.05, 0) is 17.7 Å². The van der Waals surface area contributed by atoms with Crippen LogP contribution in [0.5, 0.6) is 0 Å². The third-order valence-electron chi connectivity index (χ3n) is 2.92. The number of nitrogens with two attached hydrogens (primary N) is 1. The van der Waals surface area contributed by atoms with E-state index < -0.39 is 23.0 Å². The highest BCUT2D eigenvalue weighted by atomic mass is 19.1. The molecular weight excluding hydrogens is 283 g/mol. The van der Waals surface area contributed by atoms with Crippen molar-refractivity contribution in [1.29, 1.82) is 0 Å². The minimum atomic E-state index is -1.10. The number of nitrogens with zero attached hydrogens (tertiary/aromatic N) is 2. The molecule has 0 aliphatic heterocycles. The standard InChI is InChI=1S/C14H8F3N3O/c15-8-5-9(16)12(10(17)6-8)13-11(14(18)20-21-13)7-1-3-19-4-2-7/h1-6H,(H2,18,20). The monoisotopic (exact) mass is 291 g/mol. The van der Waals surface area contributed by atoms with Gasteiger partial charge in [0.15, 0.2) is 11.6 Å². The number of hydrogen-bond donors (Lipinski definition) is 1. The number of pyridine rings is 1. The quantitative estimate of drug-likeness (QED) is 0.786. The Morgan fingerprint density at radius 2 is 1.57 bits per heavy atom. The Hall–Kier alpha value is -2.83. The summed E-state index contributed by atoms with van der Waals surface area (Å²) in [5.41, 5.74) is 5.93. The normalized spacial score (nSPS) is 10.8. The molecule has 0 aliphatic rings. The van der Waals surface area contributed by atoms with Gasteiger partial charge in [-0.25, -0.2) is 13.2 Å². The molecule has 2 aromatic heterocycles. The zero-order valence-corrected chi connectivity index (χ0v) is 10.5. The number of hydrogen-bond acceptors (Lipinski definition) is 4. The van der Waals surface area contributed by atoms with Crippen molar-refractivity contribution in [3.8, 4) is 22.5 Å². The molecular formula is C14H8F3N3O. The molecule has 1 aromatic carbocycles. The minimum absolute atomic E-state index is 0.0284. The van der Waals surface area contributed by atoms with E-state index in [-0.39, 0.29) is 17.1 Å². The summed E-state index contributed by atoms with van der Waals surface area (Å²) in [5, 5.41) is 3.53. The van der Waals surface area contributed by atoms with Crippen LogP contribution in [-0.4, -0.2) is 10.1 Å². The van der Waals surface area contributed by atoms with E-state index >= 15 is 0 Å². The molecule has 3 aromatic rings. The van der Waals surface area contributed by atoms with Crippen molar-refractivity contribution in [2.75, 3.05) is 5.73 Å². The predicted octanol–water partition coefficient (Wildman–Crippen LogP) is 3.40. The van der Waals surface area contributed by atoms with Gasteiger partial charge in [-0.2, -0.15) is 0 Å². The lowest BCUT2D eigenvalue weighted by atomic mass is 10.0. The SMILES string of the molecule is Nc1noc(-c2c(F)cc(F)cc2F)c1-c1ccncc1. The van der Waals surface area contributed by atoms with Crippen LogP contribution < -0.4 is 5.73 Å². The van der Waals surface area contributed by atoms with E-state index in [9.17, 15) is 13.2 Å². The second kappa shape index (κ2) is 4.93. The van der Waals surface area contributed by atoms with Crippen LogP contribution in [0.3, 0.4) is 0 Å². The van der Waals surface area contributed by atoms with Gasteiger partial charge in [-0.15, -0.1) is 0 Å². The van der Waals surface area contributed by atoms with Gasteiger partial charge in [0.1, 0.15) is 17.5 Å². The van der Waals surface area contributed by atoms with Crippen LogP contribution in [0, 0.1) is 17.5 Å². The maximum atomic E-state index is 13.9. The lowest BCUT2D eigenvalue weighted by Crippen LogP contribution is -1.94. The van der Waals surface area contributed by atoms with Gasteiger partial charge in [0.25, 0.3) is 0 Å². The molecule has 21 heavy (non-hydrogen) atoms. The van der Waals surface area contributed by atoms with Gasteiger partial charge in [-0.3, -0.25) is 4.98 Å². The molecule has 0 radical (unpaired) electrons. The Morgan fingerprint density at radius 3 is 2.19 bits per heavy atom. The molecule has 7 heteroatoms. The number of anilines is 1. The Balaban J connectivity index is 2.27. The summed E-state index contributed by atoms with van der Waals surface area (Å²) in [4.78, 5) is 3.84. The second-order valence-electron chi connectivity index (χ2n) is 4.25. The van der Waals surface area contributed by atoms with Gasteiger partial charge < -0.3 is 10.3 Å². The first-order valence-electron chi connectivity index (χ1n) is 5.88. The van der Waals surface area contributed by atoms with Crippen LogP contribution in [0.4, 0.5) is 19.0 Å². The van der Waals surface area contributed by atoms with E-state index in [1.165, 1.54) is 12.4 Å². The molecule has 0 unspecified atom stereocenters. The first-order valence-corrected chi connectivity index (χ1v) is 5.88. The van der Waals surface area contributed by atoms with Crippen LogP contribution in [0.15, 0.2) is 41.2 Å². The average Bonchev–Trinajstić information content (AvgIpc) is 2.80. The fourth-order valence-electron chi connectivity index (χ4n) is 2.03. The maximum absolute atomic E-state index is 13.9. The van der Waals surface area contributed by atoms with Crippen LogP contribution in [0.25, 0.3) is 22.5 Å². The zero-order chi connectivity index (χ0) is 15.0. The molecule has 0 atom stereocenters. The Kier molecular flexibility index (Phi) is 3.09. The number of nitrogen functional groups attached to an aromatic ring is 1. The van der Waals surface area contributed by atoms with Crippen LogP contribution in [0.2, 0.25) is 0 Å². The molecule has 2 N–H and O–H groups in total. The van der Waals surface area contributed by atoms with Crippen molar-refractivity contribution in [3.05, 3.63) is 54.1 Å². The number of benzene rings is 1. The van der Waals surface area contributed by atoms with Crippen molar-refractivity contribution in [3.63, 3.8) is 0 Å². The van der Waals surface area contributed by atoms with Gasteiger partial charge in [0.2, 0.25) is 0 Å². The summed E-state index contributed by atoms with van der Waals surface area (Å²) in [6.45, 7) is 0. The van der Waals surface area contributed by atoms with Gasteiger partial charge in [-0.1, -0.05) is 5.16 Å². The molecule has 0 aliphatic carbocycles. The van der Waals surface area contributed by atoms with Gasteiger partial charge in [0.05, 0.1) is 11.1 Å². The molecule has 106 valence electrons. The highest BCUT2D eigenvalue weighted by Gasteiger charge is 2.24. The van der Waals surface area contributed by atoms with E-state index in [0.717, 1.165) is 0 Å². The van der Waals surface area contributed by atoms with Crippen molar-refractivity contribution in [2.24, 2.45) is 0 Å². The summed E-state index contributed by atoms with van der Waals surface area (Å²) in [5.74, 6) is -3.45. The van der Waals surface area contributed by atoms with Crippen molar-refractivity contribution >= 4 is 5.82 Å². The van der Waals surface area contributed by atoms with E-state index in [4.69, 9.17) is 10.3 Å². The summed E-state index contributed by atoms with van der Waals surface area (Å²) in [6.07, 6.45) is 2.98. The molecule has 3 rings (SSSR count). The van der Waals surface area contributed by atoms with E-state index in [0.29, 0.717) is 17.7 Å². The number of halogens is 3. The van der Waals surface area contributed by atoms with Crippen molar-refractivity contribution in [2.45, 2.75) is 0 Å². The zero-order valence-electron chi connectivity index (χ0n) is 10.5. The second-order valence-corrected chi connectivity index (χ2v) is 4.25. The molecule has 0 spiro atoms. The van der Waals surface area contributed by atoms with Gasteiger partial charge in [0, 0.05) is 24.5 Å². The lowest BCUT2D eigenvalue weighted by molar-refractivity contribution is 0.429. The van der Waals surface area contributed by atoms with Crippen LogP contribution >= 0.6 is 0 Å². The van der Waals surface area contributed by atoms with Crippen LogP contribution in [-0.2, 0) is 0 Å². The maximum Gasteiger partial charge on any atom is 0.182 e. The van der Waals surface area contributed by atoms with E-state index in [1.807, 2.05) is 0 Å². The molecule has 4 nitrogen and oxygen atoms in total. The average molecular weight is 291 g/mol. The summed E-state index contributed by atoms with van der Waals surface area (Å²) in [7, 11) is 0. The summed E-state index contributed by atoms with van der Waals surface area (Å²) < 4.78 is 45.7. The smallest absolute Gasteiger partial charge is 0.182 e. The summed E-state index contributed by atoms with van der Waals surface area (Å²) >= 11 is 0. The highest BCUT2D eigenvalue weighted by Crippen LogP contribution is 2.38. The topological polar surface area (TPSA) is 64.9 Å². The van der Waals surface area contributed by atoms with Crippen molar-refractivity contribution in [1.82, 2.24) is 10.1 Å². The first-order chi connectivity index (χ1) is 10.1. The minimum Gasteiger partial charge on any atom is -0.380 e. The fraction of sp³-hybridized carbons (Fsp3) is 0. The highest BCUT2D eigenvalue weighted by molar-refractivity contribution is 5.86. The summed E-state index contributed by atoms with van der Waals surface area (Å²) in [6, 6.07) is 4.30. The number of aromatic nitrogens is 2. The number of rotatable bonds is 2. The third kappa shape index (κ3) is 2.22. The molecule has 0 saturated heterocycles. The molecule has 2 heterocycles. The van der Waals surface area contributed by atoms with E-state index in [2.05, 4.69) is 10.1 Å². The van der Waals surface area contributed by atoms with Crippen molar-refractivity contribution < 1.29 is 17.7 Å². The predicted molar refractivity (Wildman–Crippen MR) is 69.5 cm³/mol. The van der Waals surface area contributed by atoms with E-state index in [1.54, 1.807) is 12.1 Å². The van der Waals surface area contributed by atoms with Crippen LogP contribution in [0.1, 0.15) is 0 Å². The third-order valence-corrected chi connectivity index (χ3v) is 2.92. The largest absolute Gasteiger partial charge is 0.380 e. The molecule has 0 bridgehead atoms. The molecule has 0 saturated carbocycles. The van der Waals surface area contributed by atoms with Gasteiger partial charge >= 0.3 is 0 Å². The molecule has 0 fully saturated rings. The molecule has 0 amide bonds. The Morgan fingerprint density at radius 1 is 0.952 bits per heavy atom.